The summed E-state index contributed by atoms with van der Waals surface area (Å²) in [5.41, 5.74) is 7.18. The van der Waals surface area contributed by atoms with Gasteiger partial charge in [-0.2, -0.15) is 0 Å². The van der Waals surface area contributed by atoms with Crippen molar-refractivity contribution in [1.82, 2.24) is 9.88 Å². The van der Waals surface area contributed by atoms with Crippen LogP contribution in [0, 0.1) is 5.92 Å². The molecule has 2 N–H and O–H groups in total. The molecule has 2 atom stereocenters. The molecular formula is C16H21N3OS. The predicted octanol–water partition coefficient (Wildman–Crippen LogP) is 2.50. The number of likely N-dealkylation sites (tertiary alicyclic amines) is 1. The molecule has 1 aromatic heterocycles. The largest absolute Gasteiger partial charge is 0.486 e. The fourth-order valence-corrected chi connectivity index (χ4v) is 3.30. The van der Waals surface area contributed by atoms with Crippen LogP contribution < -0.4 is 10.5 Å². The van der Waals surface area contributed by atoms with Gasteiger partial charge in [-0.1, -0.05) is 25.1 Å². The van der Waals surface area contributed by atoms with Crippen LogP contribution in [0.2, 0.25) is 0 Å². The standard InChI is InChI=1S/C16H21N3OS/c1-12-7-19(9-15(12)17)8-13-11-21-16(18-13)10-20-14-5-3-2-4-6-14/h2-6,11-12,15H,7-10,17H2,1H3. The zero-order chi connectivity index (χ0) is 14.7. The van der Waals surface area contributed by atoms with Gasteiger partial charge in [0.05, 0.1) is 5.69 Å². The minimum Gasteiger partial charge on any atom is -0.486 e. The Labute approximate surface area is 129 Å². The summed E-state index contributed by atoms with van der Waals surface area (Å²) >= 11 is 1.66. The maximum atomic E-state index is 6.06. The van der Waals surface area contributed by atoms with Gasteiger partial charge in [0.15, 0.2) is 0 Å². The fourth-order valence-electron chi connectivity index (χ4n) is 2.60. The molecule has 112 valence electrons. The van der Waals surface area contributed by atoms with Gasteiger partial charge in [-0.15, -0.1) is 11.3 Å². The van der Waals surface area contributed by atoms with Crippen molar-refractivity contribution in [2.75, 3.05) is 13.1 Å². The second-order valence-corrected chi connectivity index (χ2v) is 6.61. The highest BCUT2D eigenvalue weighted by Gasteiger charge is 2.26. The van der Waals surface area contributed by atoms with E-state index in [0.29, 0.717) is 18.6 Å². The number of para-hydroxylation sites is 1. The van der Waals surface area contributed by atoms with E-state index in [0.717, 1.165) is 36.1 Å². The Bertz CT molecular complexity index is 562. The number of rotatable bonds is 5. The number of nitrogens with zero attached hydrogens (tertiary/aromatic N) is 2. The molecule has 0 spiro atoms. The maximum absolute atomic E-state index is 6.06. The number of benzene rings is 1. The molecule has 0 saturated carbocycles. The van der Waals surface area contributed by atoms with Gasteiger partial charge in [-0.05, 0) is 18.1 Å². The van der Waals surface area contributed by atoms with Gasteiger partial charge in [-0.3, -0.25) is 4.90 Å². The molecule has 1 fully saturated rings. The van der Waals surface area contributed by atoms with Crippen molar-refractivity contribution in [2.45, 2.75) is 26.1 Å². The van der Waals surface area contributed by atoms with E-state index in [1.165, 1.54) is 0 Å². The number of thiazole rings is 1. The molecule has 0 radical (unpaired) electrons. The summed E-state index contributed by atoms with van der Waals surface area (Å²) in [5.74, 6) is 1.46. The smallest absolute Gasteiger partial charge is 0.140 e. The molecule has 4 nitrogen and oxygen atoms in total. The van der Waals surface area contributed by atoms with Gasteiger partial charge in [-0.25, -0.2) is 4.98 Å². The fraction of sp³-hybridized carbons (Fsp3) is 0.438. The molecule has 1 aliphatic heterocycles. The summed E-state index contributed by atoms with van der Waals surface area (Å²) in [7, 11) is 0. The third-order valence-electron chi connectivity index (χ3n) is 3.84. The van der Waals surface area contributed by atoms with Crippen molar-refractivity contribution in [1.29, 1.82) is 0 Å². The molecule has 0 aliphatic carbocycles. The van der Waals surface area contributed by atoms with Gasteiger partial charge in [0.1, 0.15) is 17.4 Å². The van der Waals surface area contributed by atoms with Crippen LogP contribution in [0.1, 0.15) is 17.6 Å². The molecule has 0 amide bonds. The van der Waals surface area contributed by atoms with Gasteiger partial charge >= 0.3 is 0 Å². The molecular weight excluding hydrogens is 282 g/mol. The molecule has 2 unspecified atom stereocenters. The first kappa shape index (κ1) is 14.5. The lowest BCUT2D eigenvalue weighted by atomic mass is 10.1. The zero-order valence-corrected chi connectivity index (χ0v) is 13.1. The first-order valence-electron chi connectivity index (χ1n) is 7.30. The van der Waals surface area contributed by atoms with E-state index < -0.39 is 0 Å². The van der Waals surface area contributed by atoms with Gasteiger partial charge < -0.3 is 10.5 Å². The Morgan fingerprint density at radius 3 is 2.86 bits per heavy atom. The predicted molar refractivity (Wildman–Crippen MR) is 85.3 cm³/mol. The number of hydrogen-bond donors (Lipinski definition) is 1. The Balaban J connectivity index is 1.52. The SMILES string of the molecule is CC1CN(Cc2csc(COc3ccccc3)n2)CC1N. The molecule has 0 bridgehead atoms. The Morgan fingerprint density at radius 2 is 2.14 bits per heavy atom. The first-order valence-corrected chi connectivity index (χ1v) is 8.18. The molecule has 1 aliphatic rings. The van der Waals surface area contributed by atoms with E-state index in [2.05, 4.69) is 22.2 Å². The van der Waals surface area contributed by atoms with Crippen molar-refractivity contribution in [2.24, 2.45) is 11.7 Å². The lowest BCUT2D eigenvalue weighted by Crippen LogP contribution is -2.28. The normalized spacial score (nSPS) is 22.6. The topological polar surface area (TPSA) is 51.4 Å². The summed E-state index contributed by atoms with van der Waals surface area (Å²) < 4.78 is 5.72. The van der Waals surface area contributed by atoms with Crippen molar-refractivity contribution < 1.29 is 4.74 Å². The highest BCUT2D eigenvalue weighted by Crippen LogP contribution is 2.19. The molecule has 3 rings (SSSR count). The van der Waals surface area contributed by atoms with E-state index in [1.54, 1.807) is 11.3 Å². The van der Waals surface area contributed by atoms with Crippen LogP contribution in [0.3, 0.4) is 0 Å². The third-order valence-corrected chi connectivity index (χ3v) is 4.71. The van der Waals surface area contributed by atoms with Crippen LogP contribution in [-0.4, -0.2) is 29.0 Å². The van der Waals surface area contributed by atoms with Crippen molar-refractivity contribution in [3.8, 4) is 5.75 Å². The molecule has 2 aromatic rings. The molecule has 1 saturated heterocycles. The van der Waals surface area contributed by atoms with Gasteiger partial charge in [0.25, 0.3) is 0 Å². The summed E-state index contributed by atoms with van der Waals surface area (Å²) in [4.78, 5) is 7.03. The van der Waals surface area contributed by atoms with Crippen molar-refractivity contribution >= 4 is 11.3 Å². The quantitative estimate of drug-likeness (QED) is 0.922. The number of nitrogens with two attached hydrogens (primary N) is 1. The number of aromatic nitrogens is 1. The van der Waals surface area contributed by atoms with Crippen LogP contribution >= 0.6 is 11.3 Å². The second kappa shape index (κ2) is 6.56. The number of hydrogen-bond acceptors (Lipinski definition) is 5. The Morgan fingerprint density at radius 1 is 1.33 bits per heavy atom. The summed E-state index contributed by atoms with van der Waals surface area (Å²) in [6.07, 6.45) is 0. The van der Waals surface area contributed by atoms with Crippen LogP contribution in [0.4, 0.5) is 0 Å². The average Bonchev–Trinajstić information content (AvgIpc) is 3.05. The van der Waals surface area contributed by atoms with Crippen LogP contribution in [0.25, 0.3) is 0 Å². The van der Waals surface area contributed by atoms with Crippen LogP contribution in [-0.2, 0) is 13.2 Å². The van der Waals surface area contributed by atoms with E-state index >= 15 is 0 Å². The van der Waals surface area contributed by atoms with E-state index in [-0.39, 0.29) is 0 Å². The van der Waals surface area contributed by atoms with Crippen LogP contribution in [0.5, 0.6) is 5.75 Å². The minimum absolute atomic E-state index is 0.296. The lowest BCUT2D eigenvalue weighted by Gasteiger charge is -2.12. The Kier molecular flexibility index (Phi) is 4.53. The number of ether oxygens (including phenoxy) is 1. The summed E-state index contributed by atoms with van der Waals surface area (Å²) in [6, 6.07) is 10.1. The van der Waals surface area contributed by atoms with E-state index in [9.17, 15) is 0 Å². The summed E-state index contributed by atoms with van der Waals surface area (Å²) in [5, 5.41) is 3.14. The van der Waals surface area contributed by atoms with Gasteiger partial charge in [0, 0.05) is 31.1 Å². The maximum Gasteiger partial charge on any atom is 0.140 e. The highest BCUT2D eigenvalue weighted by molar-refractivity contribution is 7.09. The average molecular weight is 303 g/mol. The highest BCUT2D eigenvalue weighted by atomic mass is 32.1. The summed E-state index contributed by atoms with van der Waals surface area (Å²) in [6.45, 7) is 5.67. The molecule has 1 aromatic carbocycles. The van der Waals surface area contributed by atoms with Gasteiger partial charge in [0.2, 0.25) is 0 Å². The van der Waals surface area contributed by atoms with E-state index in [1.807, 2.05) is 30.3 Å². The van der Waals surface area contributed by atoms with Crippen molar-refractivity contribution in [3.05, 3.63) is 46.4 Å². The molecule has 5 heteroatoms. The van der Waals surface area contributed by atoms with E-state index in [4.69, 9.17) is 10.5 Å². The zero-order valence-electron chi connectivity index (χ0n) is 12.2. The first-order chi connectivity index (χ1) is 10.2. The van der Waals surface area contributed by atoms with Crippen molar-refractivity contribution in [3.63, 3.8) is 0 Å². The minimum atomic E-state index is 0.296. The monoisotopic (exact) mass is 303 g/mol. The third kappa shape index (κ3) is 3.81. The van der Waals surface area contributed by atoms with Crippen LogP contribution in [0.15, 0.2) is 35.7 Å². The molecule has 2 heterocycles. The molecule has 21 heavy (non-hydrogen) atoms. The lowest BCUT2D eigenvalue weighted by molar-refractivity contribution is 0.301. The second-order valence-electron chi connectivity index (χ2n) is 5.67. The Hall–Kier alpha value is -1.43.